The van der Waals surface area contributed by atoms with E-state index in [0.29, 0.717) is 22.6 Å². The van der Waals surface area contributed by atoms with Gasteiger partial charge in [-0.25, -0.2) is 26.5 Å². The van der Waals surface area contributed by atoms with Crippen molar-refractivity contribution in [1.29, 1.82) is 0 Å². The van der Waals surface area contributed by atoms with Crippen molar-refractivity contribution in [2.45, 2.75) is 24.4 Å². The number of benzene rings is 3. The number of hydrogen-bond donors (Lipinski definition) is 1. The summed E-state index contributed by atoms with van der Waals surface area (Å²) in [6, 6.07) is 12.4. The van der Waals surface area contributed by atoms with Crippen molar-refractivity contribution in [3.05, 3.63) is 92.9 Å². The molecular formula is C26H23Cl2F2N3O4S2. The summed E-state index contributed by atoms with van der Waals surface area (Å²) in [5.74, 6) is -0.637. The van der Waals surface area contributed by atoms with Crippen molar-refractivity contribution < 1.29 is 26.7 Å². The Hall–Kier alpha value is -3.12. The zero-order valence-corrected chi connectivity index (χ0v) is 24.1. The summed E-state index contributed by atoms with van der Waals surface area (Å²) in [6.45, 7) is 1.42. The molecule has 0 bridgehead atoms. The lowest BCUT2D eigenvalue weighted by atomic mass is 10.1. The van der Waals surface area contributed by atoms with E-state index < -0.39 is 32.6 Å². The molecule has 0 amide bonds. The summed E-state index contributed by atoms with van der Waals surface area (Å²) >= 11 is 13.4. The number of anilines is 2. The molecule has 7 nitrogen and oxygen atoms in total. The van der Waals surface area contributed by atoms with Gasteiger partial charge in [0.05, 0.1) is 43.7 Å². The summed E-state index contributed by atoms with van der Waals surface area (Å²) in [6.07, 6.45) is 1.30. The van der Waals surface area contributed by atoms with Crippen LogP contribution in [0.5, 0.6) is 11.5 Å². The van der Waals surface area contributed by atoms with Crippen LogP contribution in [0, 0.1) is 11.6 Å². The molecule has 0 radical (unpaired) electrons. The first kappa shape index (κ1) is 28.9. The lowest BCUT2D eigenvalue weighted by Gasteiger charge is -2.24. The van der Waals surface area contributed by atoms with E-state index in [-0.39, 0.29) is 26.7 Å². The lowest BCUT2D eigenvalue weighted by Crippen LogP contribution is -2.31. The lowest BCUT2D eigenvalue weighted by molar-refractivity contribution is 0.391. The van der Waals surface area contributed by atoms with Crippen LogP contribution in [0.15, 0.2) is 65.7 Å². The maximum Gasteiger partial charge on any atom is 0.269 e. The fourth-order valence-corrected chi connectivity index (χ4v) is 6.71. The zero-order chi connectivity index (χ0) is 28.3. The molecule has 13 heteroatoms. The van der Waals surface area contributed by atoms with E-state index in [4.69, 9.17) is 32.7 Å². The number of halogens is 4. The fraction of sp³-hybridized carbons (Fsp3) is 0.192. The fourth-order valence-electron chi connectivity index (χ4n) is 3.85. The van der Waals surface area contributed by atoms with Crippen molar-refractivity contribution in [3.63, 3.8) is 0 Å². The Balaban J connectivity index is 1.73. The molecule has 0 aliphatic carbocycles. The van der Waals surface area contributed by atoms with Crippen molar-refractivity contribution >= 4 is 55.4 Å². The number of thiazole rings is 1. The Morgan fingerprint density at radius 2 is 1.79 bits per heavy atom. The monoisotopic (exact) mass is 613 g/mol. The Labute approximate surface area is 239 Å². The molecule has 1 N–H and O–H groups in total. The third-order valence-corrected chi connectivity index (χ3v) is 9.14. The molecule has 0 aliphatic heterocycles. The second-order valence-electron chi connectivity index (χ2n) is 8.29. The highest BCUT2D eigenvalue weighted by Crippen LogP contribution is 2.37. The molecular weight excluding hydrogens is 591 g/mol. The van der Waals surface area contributed by atoms with Gasteiger partial charge in [0.2, 0.25) is 5.13 Å². The molecule has 3 aromatic carbocycles. The number of nitrogens with one attached hydrogen (secondary N) is 1. The van der Waals surface area contributed by atoms with Crippen LogP contribution in [0.3, 0.4) is 0 Å². The van der Waals surface area contributed by atoms with Crippen molar-refractivity contribution in [3.8, 4) is 11.5 Å². The maximum absolute atomic E-state index is 15.5. The molecule has 0 spiro atoms. The molecule has 1 atom stereocenters. The van der Waals surface area contributed by atoms with Gasteiger partial charge in [-0.15, -0.1) is 0 Å². The van der Waals surface area contributed by atoms with Crippen LogP contribution < -0.4 is 19.1 Å². The largest absolute Gasteiger partial charge is 0.497 e. The molecule has 0 aliphatic rings. The first-order valence-corrected chi connectivity index (χ1v) is 14.4. The summed E-state index contributed by atoms with van der Waals surface area (Å²) in [7, 11) is -1.62. The molecule has 1 unspecified atom stereocenters. The Morgan fingerprint density at radius 3 is 2.44 bits per heavy atom. The minimum Gasteiger partial charge on any atom is -0.497 e. The number of ether oxygens (including phenoxy) is 2. The van der Waals surface area contributed by atoms with Gasteiger partial charge >= 0.3 is 0 Å². The highest BCUT2D eigenvalue weighted by atomic mass is 35.5. The van der Waals surface area contributed by atoms with Crippen molar-refractivity contribution in [1.82, 2.24) is 4.98 Å². The van der Waals surface area contributed by atoms with Gasteiger partial charge in [0.1, 0.15) is 32.4 Å². The van der Waals surface area contributed by atoms with Crippen LogP contribution in [0.1, 0.15) is 24.1 Å². The standard InChI is InChI=1S/C26H23Cl2F2N3O4S2/c1-15(18-6-4-5-7-20(18)29)32-22-12-21(30)24(11-19(22)27)39(34,35)33(26-31-13-25(28)38-26)14-16-8-9-17(36-2)10-23(16)37-3/h4-13,15,32H,14H2,1-3H3. The third-order valence-electron chi connectivity index (χ3n) is 5.82. The van der Waals surface area contributed by atoms with Gasteiger partial charge < -0.3 is 14.8 Å². The van der Waals surface area contributed by atoms with E-state index in [0.717, 1.165) is 27.8 Å². The van der Waals surface area contributed by atoms with Crippen LogP contribution in [-0.2, 0) is 16.6 Å². The Kier molecular flexibility index (Phi) is 8.85. The molecule has 1 heterocycles. The van der Waals surface area contributed by atoms with Gasteiger partial charge in [-0.3, -0.25) is 0 Å². The predicted molar refractivity (Wildman–Crippen MR) is 150 cm³/mol. The van der Waals surface area contributed by atoms with E-state index in [1.54, 1.807) is 43.3 Å². The van der Waals surface area contributed by atoms with Gasteiger partial charge in [0, 0.05) is 17.2 Å². The molecule has 206 valence electrons. The molecule has 4 aromatic rings. The molecule has 0 saturated carbocycles. The summed E-state index contributed by atoms with van der Waals surface area (Å²) in [4.78, 5) is 3.44. The number of sulfonamides is 1. The molecule has 0 fully saturated rings. The van der Waals surface area contributed by atoms with Crippen LogP contribution in [0.2, 0.25) is 9.36 Å². The smallest absolute Gasteiger partial charge is 0.269 e. The number of nitrogens with zero attached hydrogens (tertiary/aromatic N) is 2. The molecule has 39 heavy (non-hydrogen) atoms. The zero-order valence-electron chi connectivity index (χ0n) is 20.9. The van der Waals surface area contributed by atoms with E-state index in [1.807, 2.05) is 0 Å². The van der Waals surface area contributed by atoms with Gasteiger partial charge in [-0.2, -0.15) is 0 Å². The topological polar surface area (TPSA) is 80.8 Å². The summed E-state index contributed by atoms with van der Waals surface area (Å²) in [5, 5.41) is 2.89. The van der Waals surface area contributed by atoms with Crippen LogP contribution in [-0.4, -0.2) is 27.6 Å². The summed E-state index contributed by atoms with van der Waals surface area (Å²) in [5.41, 5.74) is 0.909. The van der Waals surface area contributed by atoms with Gasteiger partial charge in [0.25, 0.3) is 10.0 Å². The highest BCUT2D eigenvalue weighted by Gasteiger charge is 2.32. The van der Waals surface area contributed by atoms with E-state index >= 15 is 4.39 Å². The highest BCUT2D eigenvalue weighted by molar-refractivity contribution is 7.93. The average molecular weight is 615 g/mol. The van der Waals surface area contributed by atoms with Gasteiger partial charge in [-0.05, 0) is 37.3 Å². The Morgan fingerprint density at radius 1 is 1.05 bits per heavy atom. The molecule has 1 aromatic heterocycles. The minimum absolute atomic E-state index is 0.0174. The quantitative estimate of drug-likeness (QED) is 0.202. The van der Waals surface area contributed by atoms with Gasteiger partial charge in [-0.1, -0.05) is 52.7 Å². The number of methoxy groups -OCH3 is 2. The van der Waals surface area contributed by atoms with Crippen molar-refractivity contribution in [2.24, 2.45) is 0 Å². The molecule has 0 saturated heterocycles. The minimum atomic E-state index is -4.55. The average Bonchev–Trinajstić information content (AvgIpc) is 3.34. The first-order chi connectivity index (χ1) is 18.5. The van der Waals surface area contributed by atoms with E-state index in [2.05, 4.69) is 10.3 Å². The van der Waals surface area contributed by atoms with Crippen LogP contribution >= 0.6 is 34.5 Å². The van der Waals surface area contributed by atoms with Crippen LogP contribution in [0.25, 0.3) is 0 Å². The van der Waals surface area contributed by atoms with Crippen LogP contribution in [0.4, 0.5) is 19.6 Å². The van der Waals surface area contributed by atoms with E-state index in [9.17, 15) is 12.8 Å². The van der Waals surface area contributed by atoms with Gasteiger partial charge in [0.15, 0.2) is 0 Å². The SMILES string of the molecule is COc1ccc(CN(c2ncc(Cl)s2)S(=O)(=O)c2cc(Cl)c(NC(C)c3ccccc3F)cc2F)c(OC)c1. The normalized spacial score (nSPS) is 12.2. The first-order valence-electron chi connectivity index (χ1n) is 11.4. The molecule has 4 rings (SSSR count). The van der Waals surface area contributed by atoms with E-state index in [1.165, 1.54) is 26.5 Å². The second kappa shape index (κ2) is 12.0. The number of hydrogen-bond acceptors (Lipinski definition) is 7. The second-order valence-corrected chi connectivity index (χ2v) is 12.2. The number of aromatic nitrogens is 1. The summed E-state index contributed by atoms with van der Waals surface area (Å²) < 4.78 is 69.2. The maximum atomic E-state index is 15.5. The predicted octanol–water partition coefficient (Wildman–Crippen LogP) is 7.31. The third kappa shape index (κ3) is 6.22. The van der Waals surface area contributed by atoms with Crippen molar-refractivity contribution in [2.75, 3.05) is 23.8 Å². The number of rotatable bonds is 10. The Bertz CT molecular complexity index is 1600.